The molecule has 0 aliphatic carbocycles. The van der Waals surface area contributed by atoms with Gasteiger partial charge in [-0.05, 0) is 0 Å². The average Bonchev–Trinajstić information content (AvgIpc) is 2.85. The van der Waals surface area contributed by atoms with Crippen LogP contribution in [0.3, 0.4) is 0 Å². The van der Waals surface area contributed by atoms with E-state index < -0.39 is 0 Å². The van der Waals surface area contributed by atoms with Crippen LogP contribution in [0.2, 0.25) is 0 Å². The number of anilines is 3. The Morgan fingerprint density at radius 2 is 2.22 bits per heavy atom. The van der Waals surface area contributed by atoms with Gasteiger partial charge in [0.15, 0.2) is 5.82 Å². The molecule has 1 aliphatic rings. The number of rotatable bonds is 2. The first-order valence-electron chi connectivity index (χ1n) is 5.70. The van der Waals surface area contributed by atoms with Crippen LogP contribution in [0.4, 0.5) is 17.6 Å². The Morgan fingerprint density at radius 3 is 3.06 bits per heavy atom. The average molecular weight is 246 g/mol. The zero-order valence-corrected chi connectivity index (χ0v) is 10.0. The summed E-state index contributed by atoms with van der Waals surface area (Å²) in [6.45, 7) is 2.38. The number of nitrogens with two attached hydrogens (primary N) is 1. The smallest absolute Gasteiger partial charge is 0.223 e. The van der Waals surface area contributed by atoms with Gasteiger partial charge in [0.25, 0.3) is 0 Å². The topological polar surface area (TPSA) is 97.8 Å². The Bertz CT molecular complexity index is 563. The molecule has 8 heteroatoms. The predicted molar refractivity (Wildman–Crippen MR) is 67.1 cm³/mol. The largest absolute Gasteiger partial charge is 0.373 e. The van der Waals surface area contributed by atoms with Crippen molar-refractivity contribution in [3.8, 4) is 0 Å². The van der Waals surface area contributed by atoms with E-state index in [-0.39, 0.29) is 5.95 Å². The molecule has 0 spiro atoms. The van der Waals surface area contributed by atoms with E-state index in [1.54, 1.807) is 13.4 Å². The highest BCUT2D eigenvalue weighted by atomic mass is 15.3. The summed E-state index contributed by atoms with van der Waals surface area (Å²) in [5, 5.41) is 10.9. The summed E-state index contributed by atoms with van der Waals surface area (Å²) >= 11 is 0. The van der Waals surface area contributed by atoms with Gasteiger partial charge < -0.3 is 20.5 Å². The molecule has 3 heterocycles. The highest BCUT2D eigenvalue weighted by molar-refractivity contribution is 5.52. The SMILES string of the molecule is CNc1cc(N2CCn3cnnc3C2)nc(N)n1. The number of fused-ring (bicyclic) bond motifs is 1. The number of nitrogens with one attached hydrogen (secondary N) is 1. The van der Waals surface area contributed by atoms with E-state index in [4.69, 9.17) is 5.73 Å². The third kappa shape index (κ3) is 1.81. The maximum absolute atomic E-state index is 5.69. The van der Waals surface area contributed by atoms with Crippen molar-refractivity contribution >= 4 is 17.6 Å². The molecule has 0 unspecified atom stereocenters. The first kappa shape index (κ1) is 10.8. The first-order chi connectivity index (χ1) is 8.76. The fraction of sp³-hybridized carbons (Fsp3) is 0.400. The van der Waals surface area contributed by atoms with Gasteiger partial charge in [-0.25, -0.2) is 0 Å². The highest BCUT2D eigenvalue weighted by Crippen LogP contribution is 2.20. The quantitative estimate of drug-likeness (QED) is 0.751. The molecule has 0 saturated carbocycles. The second kappa shape index (κ2) is 4.13. The molecule has 18 heavy (non-hydrogen) atoms. The Balaban J connectivity index is 1.90. The van der Waals surface area contributed by atoms with Gasteiger partial charge in [-0.15, -0.1) is 10.2 Å². The van der Waals surface area contributed by atoms with Crippen molar-refractivity contribution in [1.29, 1.82) is 0 Å². The van der Waals surface area contributed by atoms with Crippen molar-refractivity contribution in [2.45, 2.75) is 13.1 Å². The number of nitrogens with zero attached hydrogens (tertiary/aromatic N) is 6. The number of nitrogen functional groups attached to an aromatic ring is 1. The lowest BCUT2D eigenvalue weighted by Gasteiger charge is -2.28. The molecule has 3 N–H and O–H groups in total. The van der Waals surface area contributed by atoms with E-state index in [2.05, 4.69) is 30.4 Å². The minimum Gasteiger partial charge on any atom is -0.373 e. The van der Waals surface area contributed by atoms with Crippen molar-refractivity contribution in [2.75, 3.05) is 29.5 Å². The molecule has 2 aromatic rings. The molecule has 0 amide bonds. The van der Waals surface area contributed by atoms with Crippen LogP contribution in [0.1, 0.15) is 5.82 Å². The third-order valence-electron chi connectivity index (χ3n) is 2.95. The second-order valence-electron chi connectivity index (χ2n) is 4.08. The summed E-state index contributed by atoms with van der Waals surface area (Å²) < 4.78 is 2.04. The van der Waals surface area contributed by atoms with E-state index in [1.165, 1.54) is 0 Å². The molecule has 0 atom stereocenters. The monoisotopic (exact) mass is 246 g/mol. The van der Waals surface area contributed by atoms with Crippen LogP contribution in [0, 0.1) is 0 Å². The van der Waals surface area contributed by atoms with Gasteiger partial charge in [-0.1, -0.05) is 0 Å². The van der Waals surface area contributed by atoms with Crippen molar-refractivity contribution in [1.82, 2.24) is 24.7 Å². The standard InChI is InChI=1S/C10H14N8/c1-12-7-4-8(15-10(11)14-7)17-2-3-18-6-13-16-9(18)5-17/h4,6H,2-3,5H2,1H3,(H3,11,12,14,15). The number of aromatic nitrogens is 5. The summed E-state index contributed by atoms with van der Waals surface area (Å²) in [6.07, 6.45) is 1.75. The zero-order chi connectivity index (χ0) is 12.5. The van der Waals surface area contributed by atoms with E-state index in [0.29, 0.717) is 12.4 Å². The van der Waals surface area contributed by atoms with E-state index in [0.717, 1.165) is 24.7 Å². The van der Waals surface area contributed by atoms with Crippen LogP contribution in [0.5, 0.6) is 0 Å². The normalized spacial score (nSPS) is 14.4. The van der Waals surface area contributed by atoms with Gasteiger partial charge >= 0.3 is 0 Å². The van der Waals surface area contributed by atoms with E-state index in [1.807, 2.05) is 10.6 Å². The van der Waals surface area contributed by atoms with Crippen molar-refractivity contribution in [3.63, 3.8) is 0 Å². The summed E-state index contributed by atoms with van der Waals surface area (Å²) in [4.78, 5) is 10.4. The van der Waals surface area contributed by atoms with E-state index in [9.17, 15) is 0 Å². The lowest BCUT2D eigenvalue weighted by atomic mass is 10.3. The molecular weight excluding hydrogens is 232 g/mol. The molecular formula is C10H14N8. The van der Waals surface area contributed by atoms with Crippen LogP contribution < -0.4 is 16.0 Å². The molecule has 94 valence electrons. The summed E-state index contributed by atoms with van der Waals surface area (Å²) in [7, 11) is 1.80. The number of hydrogen-bond donors (Lipinski definition) is 2. The Labute approximate surface area is 104 Å². The molecule has 0 aromatic carbocycles. The Morgan fingerprint density at radius 1 is 1.33 bits per heavy atom. The zero-order valence-electron chi connectivity index (χ0n) is 10.0. The Hall–Kier alpha value is -2.38. The predicted octanol–water partition coefficient (Wildman–Crippen LogP) is -0.288. The minimum atomic E-state index is 0.267. The molecule has 0 radical (unpaired) electrons. The van der Waals surface area contributed by atoms with Crippen molar-refractivity contribution < 1.29 is 0 Å². The molecule has 0 fully saturated rings. The molecule has 3 rings (SSSR count). The maximum atomic E-state index is 5.69. The lowest BCUT2D eigenvalue weighted by molar-refractivity contribution is 0.556. The van der Waals surface area contributed by atoms with E-state index >= 15 is 0 Å². The van der Waals surface area contributed by atoms with Gasteiger partial charge in [0.1, 0.15) is 18.0 Å². The first-order valence-corrected chi connectivity index (χ1v) is 5.70. The molecule has 2 aromatic heterocycles. The van der Waals surface area contributed by atoms with Gasteiger partial charge in [0.2, 0.25) is 5.95 Å². The molecule has 0 bridgehead atoms. The molecule has 1 aliphatic heterocycles. The third-order valence-corrected chi connectivity index (χ3v) is 2.95. The van der Waals surface area contributed by atoms with Crippen LogP contribution in [-0.4, -0.2) is 38.3 Å². The fourth-order valence-corrected chi connectivity index (χ4v) is 2.00. The summed E-state index contributed by atoms with van der Waals surface area (Å²) in [5.74, 6) is 2.72. The molecule has 0 saturated heterocycles. The minimum absolute atomic E-state index is 0.267. The maximum Gasteiger partial charge on any atom is 0.223 e. The van der Waals surface area contributed by atoms with Crippen LogP contribution in [0.25, 0.3) is 0 Å². The van der Waals surface area contributed by atoms with Crippen molar-refractivity contribution in [2.24, 2.45) is 0 Å². The Kier molecular flexibility index (Phi) is 2.47. The second-order valence-corrected chi connectivity index (χ2v) is 4.08. The summed E-state index contributed by atoms with van der Waals surface area (Å²) in [5.41, 5.74) is 5.69. The van der Waals surface area contributed by atoms with Gasteiger partial charge in [-0.3, -0.25) is 0 Å². The van der Waals surface area contributed by atoms with Crippen LogP contribution >= 0.6 is 0 Å². The van der Waals surface area contributed by atoms with Crippen LogP contribution in [-0.2, 0) is 13.1 Å². The fourth-order valence-electron chi connectivity index (χ4n) is 2.00. The summed E-state index contributed by atoms with van der Waals surface area (Å²) in [6, 6.07) is 1.88. The van der Waals surface area contributed by atoms with Gasteiger partial charge in [-0.2, -0.15) is 9.97 Å². The van der Waals surface area contributed by atoms with Crippen LogP contribution in [0.15, 0.2) is 12.4 Å². The van der Waals surface area contributed by atoms with Gasteiger partial charge in [0, 0.05) is 26.2 Å². The molecule has 8 nitrogen and oxygen atoms in total. The number of hydrogen-bond acceptors (Lipinski definition) is 7. The lowest BCUT2D eigenvalue weighted by Crippen LogP contribution is -2.34. The van der Waals surface area contributed by atoms with Crippen molar-refractivity contribution in [3.05, 3.63) is 18.2 Å². The highest BCUT2D eigenvalue weighted by Gasteiger charge is 2.19. The van der Waals surface area contributed by atoms with Gasteiger partial charge in [0.05, 0.1) is 6.54 Å².